The summed E-state index contributed by atoms with van der Waals surface area (Å²) in [6, 6.07) is 0. The Bertz CT molecular complexity index is 20.1. The van der Waals surface area contributed by atoms with Gasteiger partial charge in [0.15, 0.2) is 0 Å². The third-order valence-electron chi connectivity index (χ3n) is 0.707. The van der Waals surface area contributed by atoms with E-state index >= 15 is 0 Å². The largest absolute Gasteiger partial charge is 2.00 e. The van der Waals surface area contributed by atoms with Crippen molar-refractivity contribution in [2.45, 2.75) is 39.5 Å². The predicted molar refractivity (Wildman–Crippen MR) is 55.0 cm³/mol. The molecule has 0 aliphatic rings. The molecular formula is C8H20Cl2Zn. The van der Waals surface area contributed by atoms with Crippen LogP contribution in [0.4, 0.5) is 0 Å². The molecule has 0 bridgehead atoms. The van der Waals surface area contributed by atoms with Crippen LogP contribution in [0.3, 0.4) is 0 Å². The van der Waals surface area contributed by atoms with Gasteiger partial charge in [0.25, 0.3) is 0 Å². The van der Waals surface area contributed by atoms with Crippen LogP contribution in [0.15, 0.2) is 0 Å². The molecular weight excluding hydrogens is 232 g/mol. The zero-order valence-electron chi connectivity index (χ0n) is 7.77. The van der Waals surface area contributed by atoms with E-state index in [0.717, 1.165) is 12.8 Å². The van der Waals surface area contributed by atoms with E-state index in [-0.39, 0.29) is 44.3 Å². The summed E-state index contributed by atoms with van der Waals surface area (Å²) in [4.78, 5) is 0. The summed E-state index contributed by atoms with van der Waals surface area (Å²) >= 11 is 0. The molecule has 0 amide bonds. The first kappa shape index (κ1) is 29.5. The van der Waals surface area contributed by atoms with Crippen LogP contribution in [0.2, 0.25) is 0 Å². The molecule has 0 rings (SSSR count). The fraction of sp³-hybridized carbons (Fsp3) is 0.750. The van der Waals surface area contributed by atoms with Crippen molar-refractivity contribution in [1.82, 2.24) is 0 Å². The van der Waals surface area contributed by atoms with Crippen molar-refractivity contribution >= 4 is 24.8 Å². The minimum Gasteiger partial charge on any atom is -0.343 e. The smallest absolute Gasteiger partial charge is 0.343 e. The summed E-state index contributed by atoms with van der Waals surface area (Å²) in [5, 5.41) is 0. The monoisotopic (exact) mass is 250 g/mol. The average molecular weight is 253 g/mol. The summed E-state index contributed by atoms with van der Waals surface area (Å²) < 4.78 is 0. The molecule has 0 aliphatic heterocycles. The molecule has 0 aromatic rings. The van der Waals surface area contributed by atoms with Gasteiger partial charge >= 0.3 is 19.5 Å². The van der Waals surface area contributed by atoms with Crippen LogP contribution in [0, 0.1) is 13.8 Å². The van der Waals surface area contributed by atoms with Gasteiger partial charge in [0.1, 0.15) is 0 Å². The van der Waals surface area contributed by atoms with Crippen LogP contribution in [-0.2, 0) is 19.5 Å². The summed E-state index contributed by atoms with van der Waals surface area (Å²) in [6.45, 7) is 11.4. The van der Waals surface area contributed by atoms with Gasteiger partial charge in [0.2, 0.25) is 0 Å². The molecule has 0 nitrogen and oxygen atoms in total. The van der Waals surface area contributed by atoms with Gasteiger partial charge < -0.3 is 13.8 Å². The standard InChI is InChI=1S/2C4H9.2ClH.Zn/c2*1-3-4-2;;;/h2*1,3-4H2,2H3;2*1H;/q2*-1;;;+2. The Morgan fingerprint density at radius 2 is 0.909 bits per heavy atom. The Morgan fingerprint density at radius 3 is 0.909 bits per heavy atom. The zero-order valence-corrected chi connectivity index (χ0v) is 12.4. The minimum absolute atomic E-state index is 0. The summed E-state index contributed by atoms with van der Waals surface area (Å²) in [6.07, 6.45) is 4.56. The Hall–Kier alpha value is 1.20. The molecule has 0 aromatic heterocycles. The molecule has 0 spiro atoms. The number of hydrogen-bond donors (Lipinski definition) is 0. The van der Waals surface area contributed by atoms with Gasteiger partial charge in [0.05, 0.1) is 0 Å². The quantitative estimate of drug-likeness (QED) is 0.513. The molecule has 0 radical (unpaired) electrons. The first-order valence-corrected chi connectivity index (χ1v) is 3.41. The van der Waals surface area contributed by atoms with Crippen LogP contribution >= 0.6 is 24.8 Å². The van der Waals surface area contributed by atoms with Crippen molar-refractivity contribution in [3.05, 3.63) is 13.8 Å². The fourth-order valence-corrected chi connectivity index (χ4v) is 0. The average Bonchev–Trinajstić information content (AvgIpc) is 1.88. The number of rotatable bonds is 2. The predicted octanol–water partition coefficient (Wildman–Crippen LogP) is 4.08. The summed E-state index contributed by atoms with van der Waals surface area (Å²) in [5.74, 6) is 0. The van der Waals surface area contributed by atoms with Gasteiger partial charge in [-0.25, -0.2) is 0 Å². The normalized spacial score (nSPS) is 5.45. The first-order chi connectivity index (χ1) is 3.83. The minimum atomic E-state index is 0. The molecule has 0 aliphatic carbocycles. The molecule has 0 N–H and O–H groups in total. The van der Waals surface area contributed by atoms with E-state index in [0.29, 0.717) is 0 Å². The van der Waals surface area contributed by atoms with Crippen molar-refractivity contribution < 1.29 is 19.5 Å². The maximum Gasteiger partial charge on any atom is 2.00 e. The van der Waals surface area contributed by atoms with Gasteiger partial charge in [-0.3, -0.25) is 0 Å². The van der Waals surface area contributed by atoms with Gasteiger partial charge in [-0.05, 0) is 0 Å². The van der Waals surface area contributed by atoms with Crippen molar-refractivity contribution in [1.29, 1.82) is 0 Å². The van der Waals surface area contributed by atoms with E-state index in [1.54, 1.807) is 0 Å². The first-order valence-electron chi connectivity index (χ1n) is 3.41. The second-order valence-corrected chi connectivity index (χ2v) is 1.71. The fourth-order valence-electron chi connectivity index (χ4n) is 0. The van der Waals surface area contributed by atoms with E-state index in [2.05, 4.69) is 27.7 Å². The maximum absolute atomic E-state index is 3.60. The summed E-state index contributed by atoms with van der Waals surface area (Å²) in [5.41, 5.74) is 0. The van der Waals surface area contributed by atoms with E-state index in [1.165, 1.54) is 12.8 Å². The molecule has 0 aromatic carbocycles. The maximum atomic E-state index is 3.60. The van der Waals surface area contributed by atoms with E-state index in [1.807, 2.05) is 0 Å². The molecule has 0 fully saturated rings. The van der Waals surface area contributed by atoms with E-state index in [9.17, 15) is 0 Å². The van der Waals surface area contributed by atoms with Crippen molar-refractivity contribution in [3.8, 4) is 0 Å². The van der Waals surface area contributed by atoms with Gasteiger partial charge in [-0.1, -0.05) is 26.7 Å². The molecule has 0 saturated carbocycles. The zero-order chi connectivity index (χ0) is 6.83. The second kappa shape index (κ2) is 43.1. The molecule has 68 valence electrons. The number of unbranched alkanes of at least 4 members (excludes halogenated alkanes) is 2. The van der Waals surface area contributed by atoms with Crippen LogP contribution in [0.25, 0.3) is 0 Å². The summed E-state index contributed by atoms with van der Waals surface area (Å²) in [7, 11) is 0. The van der Waals surface area contributed by atoms with Crippen molar-refractivity contribution in [2.24, 2.45) is 0 Å². The second-order valence-electron chi connectivity index (χ2n) is 1.71. The van der Waals surface area contributed by atoms with Crippen LogP contribution in [0.1, 0.15) is 39.5 Å². The van der Waals surface area contributed by atoms with Gasteiger partial charge in [-0.2, -0.15) is 12.8 Å². The third-order valence-corrected chi connectivity index (χ3v) is 0.707. The van der Waals surface area contributed by atoms with Crippen LogP contribution in [0.5, 0.6) is 0 Å². The van der Waals surface area contributed by atoms with Crippen molar-refractivity contribution in [3.63, 3.8) is 0 Å². The molecule has 0 unspecified atom stereocenters. The number of hydrogen-bond acceptors (Lipinski definition) is 0. The van der Waals surface area contributed by atoms with Crippen LogP contribution in [-0.4, -0.2) is 0 Å². The molecule has 3 heteroatoms. The SMILES string of the molecule is Cl.Cl.[CH2-]CCC.[CH2-]CCC.[Zn+2]. The van der Waals surface area contributed by atoms with Gasteiger partial charge in [-0.15, -0.1) is 24.8 Å². The Morgan fingerprint density at radius 1 is 0.818 bits per heavy atom. The van der Waals surface area contributed by atoms with E-state index in [4.69, 9.17) is 0 Å². The topological polar surface area (TPSA) is 0 Å². The molecule has 0 atom stereocenters. The molecule has 11 heavy (non-hydrogen) atoms. The van der Waals surface area contributed by atoms with E-state index < -0.39 is 0 Å². The van der Waals surface area contributed by atoms with Gasteiger partial charge in [0, 0.05) is 0 Å². The Kier molecular flexibility index (Phi) is 116. The third kappa shape index (κ3) is 92.5. The van der Waals surface area contributed by atoms with Crippen molar-refractivity contribution in [2.75, 3.05) is 0 Å². The number of halogens is 2. The Balaban J connectivity index is -0.0000000171. The molecule has 0 heterocycles. The molecule has 0 saturated heterocycles. The Labute approximate surface area is 97.5 Å². The van der Waals surface area contributed by atoms with Crippen LogP contribution < -0.4 is 0 Å².